The first-order valence-electron chi connectivity index (χ1n) is 15.8. The van der Waals surface area contributed by atoms with Gasteiger partial charge in [0.15, 0.2) is 0 Å². The van der Waals surface area contributed by atoms with Crippen molar-refractivity contribution >= 4 is 5.97 Å². The molecule has 0 saturated carbocycles. The van der Waals surface area contributed by atoms with E-state index in [9.17, 15) is 9.90 Å². The van der Waals surface area contributed by atoms with E-state index in [1.54, 1.807) is 0 Å². The van der Waals surface area contributed by atoms with E-state index in [1.807, 2.05) is 0 Å². The molecular formula is C32H64O2. The van der Waals surface area contributed by atoms with Gasteiger partial charge < -0.3 is 5.11 Å². The smallest absolute Gasteiger partial charge is 0.306 e. The van der Waals surface area contributed by atoms with E-state index in [-0.39, 0.29) is 5.92 Å². The number of aliphatic carboxylic acids is 1. The van der Waals surface area contributed by atoms with Crippen molar-refractivity contribution in [1.82, 2.24) is 0 Å². The van der Waals surface area contributed by atoms with Crippen molar-refractivity contribution in [2.75, 3.05) is 0 Å². The lowest BCUT2D eigenvalue weighted by molar-refractivity contribution is -0.142. The SMILES string of the molecule is CCCCCCCCCCCCC(CCCCCCCCCCCCCCCC(C)C)C(=O)O. The summed E-state index contributed by atoms with van der Waals surface area (Å²) >= 11 is 0. The third-order valence-corrected chi connectivity index (χ3v) is 7.59. The predicted octanol–water partition coefficient (Wildman–Crippen LogP) is 11.5. The Bertz CT molecular complexity index is 404. The first-order chi connectivity index (χ1) is 16.6. The minimum atomic E-state index is -0.559. The van der Waals surface area contributed by atoms with Crippen LogP contribution >= 0.6 is 0 Å². The van der Waals surface area contributed by atoms with Gasteiger partial charge in [0.25, 0.3) is 0 Å². The molecule has 0 radical (unpaired) electrons. The summed E-state index contributed by atoms with van der Waals surface area (Å²) in [5.41, 5.74) is 0. The molecule has 1 N–H and O–H groups in total. The highest BCUT2D eigenvalue weighted by molar-refractivity contribution is 5.69. The Morgan fingerprint density at radius 2 is 0.735 bits per heavy atom. The van der Waals surface area contributed by atoms with Gasteiger partial charge in [-0.3, -0.25) is 4.79 Å². The molecule has 0 heterocycles. The molecule has 1 unspecified atom stereocenters. The maximum absolute atomic E-state index is 11.6. The third-order valence-electron chi connectivity index (χ3n) is 7.59. The average Bonchev–Trinajstić information content (AvgIpc) is 2.80. The maximum atomic E-state index is 11.6. The van der Waals surface area contributed by atoms with Crippen LogP contribution in [0.25, 0.3) is 0 Å². The van der Waals surface area contributed by atoms with Crippen LogP contribution in [-0.2, 0) is 4.79 Å². The zero-order chi connectivity index (χ0) is 25.1. The van der Waals surface area contributed by atoms with Crippen LogP contribution in [0.3, 0.4) is 0 Å². The largest absolute Gasteiger partial charge is 0.481 e. The predicted molar refractivity (Wildman–Crippen MR) is 152 cm³/mol. The highest BCUT2D eigenvalue weighted by Crippen LogP contribution is 2.20. The molecule has 1 atom stereocenters. The second-order valence-corrected chi connectivity index (χ2v) is 11.6. The van der Waals surface area contributed by atoms with Crippen molar-refractivity contribution in [1.29, 1.82) is 0 Å². The first-order valence-corrected chi connectivity index (χ1v) is 15.8. The van der Waals surface area contributed by atoms with Crippen molar-refractivity contribution in [3.05, 3.63) is 0 Å². The minimum Gasteiger partial charge on any atom is -0.481 e. The molecule has 0 aliphatic heterocycles. The number of hydrogen-bond donors (Lipinski definition) is 1. The Labute approximate surface area is 215 Å². The monoisotopic (exact) mass is 480 g/mol. The zero-order valence-corrected chi connectivity index (χ0v) is 23.9. The molecule has 0 saturated heterocycles. The van der Waals surface area contributed by atoms with Crippen LogP contribution in [0.5, 0.6) is 0 Å². The van der Waals surface area contributed by atoms with Gasteiger partial charge in [0.1, 0.15) is 0 Å². The minimum absolute atomic E-state index is 0.0978. The van der Waals surface area contributed by atoms with E-state index in [2.05, 4.69) is 20.8 Å². The Morgan fingerprint density at radius 3 is 1.00 bits per heavy atom. The summed E-state index contributed by atoms with van der Waals surface area (Å²) in [4.78, 5) is 11.6. The van der Waals surface area contributed by atoms with Gasteiger partial charge in [-0.05, 0) is 18.8 Å². The maximum Gasteiger partial charge on any atom is 0.306 e. The highest BCUT2D eigenvalue weighted by Gasteiger charge is 2.16. The molecule has 0 rings (SSSR count). The fourth-order valence-corrected chi connectivity index (χ4v) is 5.16. The lowest BCUT2D eigenvalue weighted by atomic mass is 9.94. The Kier molecular flexibility index (Phi) is 26.6. The van der Waals surface area contributed by atoms with E-state index in [1.165, 1.54) is 141 Å². The molecule has 0 fully saturated rings. The second-order valence-electron chi connectivity index (χ2n) is 11.6. The number of carboxylic acids is 1. The number of carbonyl (C=O) groups is 1. The van der Waals surface area contributed by atoms with Crippen molar-refractivity contribution in [3.63, 3.8) is 0 Å². The number of unbranched alkanes of at least 4 members (excludes halogenated alkanes) is 21. The van der Waals surface area contributed by atoms with Crippen LogP contribution in [0, 0.1) is 11.8 Å². The number of hydrogen-bond acceptors (Lipinski definition) is 1. The fraction of sp³-hybridized carbons (Fsp3) is 0.969. The van der Waals surface area contributed by atoms with Gasteiger partial charge in [0.2, 0.25) is 0 Å². The Hall–Kier alpha value is -0.530. The van der Waals surface area contributed by atoms with Crippen LogP contribution in [-0.4, -0.2) is 11.1 Å². The molecule has 0 aliphatic rings. The summed E-state index contributed by atoms with van der Waals surface area (Å²) in [5, 5.41) is 9.54. The molecule has 204 valence electrons. The zero-order valence-electron chi connectivity index (χ0n) is 23.9. The fourth-order valence-electron chi connectivity index (χ4n) is 5.16. The second kappa shape index (κ2) is 27.1. The van der Waals surface area contributed by atoms with Crippen LogP contribution in [0.1, 0.15) is 188 Å². The van der Waals surface area contributed by atoms with Gasteiger partial charge in [-0.2, -0.15) is 0 Å². The van der Waals surface area contributed by atoms with Crippen molar-refractivity contribution in [3.8, 4) is 0 Å². The quantitative estimate of drug-likeness (QED) is 0.113. The standard InChI is InChI=1S/C32H64O2/c1-4-5-6-7-8-9-16-19-22-25-28-31(32(33)34)29-26-23-20-17-14-12-10-11-13-15-18-21-24-27-30(2)3/h30-31H,4-29H2,1-3H3,(H,33,34). The summed E-state index contributed by atoms with van der Waals surface area (Å²) in [6, 6.07) is 0. The van der Waals surface area contributed by atoms with Crippen molar-refractivity contribution in [2.45, 2.75) is 188 Å². The van der Waals surface area contributed by atoms with Gasteiger partial charge in [-0.1, -0.05) is 175 Å². The van der Waals surface area contributed by atoms with Crippen LogP contribution in [0.15, 0.2) is 0 Å². The van der Waals surface area contributed by atoms with E-state index in [0.717, 1.165) is 31.6 Å². The number of rotatable bonds is 28. The molecular weight excluding hydrogens is 416 g/mol. The molecule has 0 aromatic rings. The van der Waals surface area contributed by atoms with Gasteiger partial charge in [-0.25, -0.2) is 0 Å². The molecule has 0 bridgehead atoms. The summed E-state index contributed by atoms with van der Waals surface area (Å²) in [6.07, 6.45) is 34.1. The summed E-state index contributed by atoms with van der Waals surface area (Å²) < 4.78 is 0. The molecule has 0 aromatic carbocycles. The molecule has 34 heavy (non-hydrogen) atoms. The highest BCUT2D eigenvalue weighted by atomic mass is 16.4. The Balaban J connectivity index is 3.40. The summed E-state index contributed by atoms with van der Waals surface area (Å²) in [7, 11) is 0. The number of carboxylic acid groups (broad SMARTS) is 1. The Morgan fingerprint density at radius 1 is 0.471 bits per heavy atom. The lowest BCUT2D eigenvalue weighted by Crippen LogP contribution is -2.13. The van der Waals surface area contributed by atoms with Crippen LogP contribution in [0.2, 0.25) is 0 Å². The molecule has 0 spiro atoms. The van der Waals surface area contributed by atoms with Gasteiger partial charge in [0.05, 0.1) is 5.92 Å². The molecule has 0 aliphatic carbocycles. The van der Waals surface area contributed by atoms with Gasteiger partial charge in [0, 0.05) is 0 Å². The van der Waals surface area contributed by atoms with Gasteiger partial charge >= 0.3 is 5.97 Å². The molecule has 0 aromatic heterocycles. The van der Waals surface area contributed by atoms with Gasteiger partial charge in [-0.15, -0.1) is 0 Å². The van der Waals surface area contributed by atoms with E-state index < -0.39 is 5.97 Å². The molecule has 2 heteroatoms. The first kappa shape index (κ1) is 33.5. The average molecular weight is 481 g/mol. The van der Waals surface area contributed by atoms with Crippen LogP contribution in [0.4, 0.5) is 0 Å². The topological polar surface area (TPSA) is 37.3 Å². The van der Waals surface area contributed by atoms with E-state index in [0.29, 0.717) is 0 Å². The van der Waals surface area contributed by atoms with Crippen LogP contribution < -0.4 is 0 Å². The van der Waals surface area contributed by atoms with Crippen molar-refractivity contribution in [2.24, 2.45) is 11.8 Å². The normalized spacial score (nSPS) is 12.5. The summed E-state index contributed by atoms with van der Waals surface area (Å²) in [6.45, 7) is 6.92. The lowest BCUT2D eigenvalue weighted by Gasteiger charge is -2.12. The van der Waals surface area contributed by atoms with E-state index in [4.69, 9.17) is 0 Å². The van der Waals surface area contributed by atoms with Crippen molar-refractivity contribution < 1.29 is 9.90 Å². The molecule has 0 amide bonds. The molecule has 2 nitrogen and oxygen atoms in total. The third kappa shape index (κ3) is 26.1. The van der Waals surface area contributed by atoms with E-state index >= 15 is 0 Å². The summed E-state index contributed by atoms with van der Waals surface area (Å²) in [5.74, 6) is 0.211.